The number of amides is 1. The third kappa shape index (κ3) is 6.25. The van der Waals surface area contributed by atoms with Crippen molar-refractivity contribution in [3.05, 3.63) is 41.0 Å². The first-order chi connectivity index (χ1) is 16.4. The van der Waals surface area contributed by atoms with Gasteiger partial charge >= 0.3 is 6.18 Å². The largest absolute Gasteiger partial charge is 0.491 e. The van der Waals surface area contributed by atoms with Gasteiger partial charge in [-0.1, -0.05) is 5.57 Å². The van der Waals surface area contributed by atoms with E-state index in [0.29, 0.717) is 43.8 Å². The lowest BCUT2D eigenvalue weighted by atomic mass is 9.87. The first-order valence-corrected chi connectivity index (χ1v) is 12.2. The highest BCUT2D eigenvalue weighted by Gasteiger charge is 2.47. The molecular formula is C26H34F3N3O3. The van der Waals surface area contributed by atoms with E-state index in [4.69, 9.17) is 9.47 Å². The van der Waals surface area contributed by atoms with Crippen LogP contribution in [0.25, 0.3) is 0 Å². The van der Waals surface area contributed by atoms with E-state index < -0.39 is 24.4 Å². The summed E-state index contributed by atoms with van der Waals surface area (Å²) >= 11 is 0. The summed E-state index contributed by atoms with van der Waals surface area (Å²) in [5, 5.41) is 0. The minimum atomic E-state index is -4.29. The Balaban J connectivity index is 1.45. The molecule has 35 heavy (non-hydrogen) atoms. The molecule has 1 spiro atoms. The number of aryl methyl sites for hydroxylation is 1. The van der Waals surface area contributed by atoms with Gasteiger partial charge in [-0.2, -0.15) is 13.2 Å². The zero-order valence-corrected chi connectivity index (χ0v) is 20.8. The fraction of sp³-hybridized carbons (Fsp3) is 0.615. The first kappa shape index (κ1) is 25.7. The number of morpholine rings is 1. The number of halogens is 3. The zero-order chi connectivity index (χ0) is 25.4. The lowest BCUT2D eigenvalue weighted by Gasteiger charge is -2.50. The number of aliphatic imine (C=N–C) groups is 1. The van der Waals surface area contributed by atoms with Gasteiger partial charge in [-0.3, -0.25) is 14.7 Å². The van der Waals surface area contributed by atoms with Crippen LogP contribution >= 0.6 is 0 Å². The van der Waals surface area contributed by atoms with E-state index in [9.17, 15) is 18.0 Å². The van der Waals surface area contributed by atoms with Crippen molar-refractivity contribution in [1.29, 1.82) is 0 Å². The number of carbonyl (C=O) groups excluding carboxylic acids is 1. The maximum absolute atomic E-state index is 13.3. The molecule has 2 saturated heterocycles. The third-order valence-corrected chi connectivity index (χ3v) is 6.71. The zero-order valence-electron chi connectivity index (χ0n) is 20.8. The molecular weight excluding hydrogens is 459 g/mol. The van der Waals surface area contributed by atoms with Crippen LogP contribution in [0.4, 0.5) is 13.2 Å². The number of hydrogen-bond acceptors (Lipinski definition) is 5. The van der Waals surface area contributed by atoms with Crippen LogP contribution in [0.1, 0.15) is 49.5 Å². The summed E-state index contributed by atoms with van der Waals surface area (Å²) in [4.78, 5) is 20.9. The average Bonchev–Trinajstić information content (AvgIpc) is 3.20. The van der Waals surface area contributed by atoms with Crippen molar-refractivity contribution in [2.24, 2.45) is 4.99 Å². The van der Waals surface area contributed by atoms with Gasteiger partial charge < -0.3 is 14.4 Å². The third-order valence-electron chi connectivity index (χ3n) is 6.71. The maximum atomic E-state index is 13.3. The van der Waals surface area contributed by atoms with Crippen LogP contribution in [0.15, 0.2) is 34.8 Å². The maximum Gasteiger partial charge on any atom is 0.401 e. The summed E-state index contributed by atoms with van der Waals surface area (Å²) in [6.07, 6.45) is -1.86. The molecule has 3 heterocycles. The monoisotopic (exact) mass is 493 g/mol. The molecule has 0 aliphatic carbocycles. The van der Waals surface area contributed by atoms with E-state index >= 15 is 0 Å². The molecule has 3 aliphatic heterocycles. The van der Waals surface area contributed by atoms with Gasteiger partial charge in [0.05, 0.1) is 30.5 Å². The summed E-state index contributed by atoms with van der Waals surface area (Å²) in [6, 6.07) is 5.41. The predicted octanol–water partition coefficient (Wildman–Crippen LogP) is 4.42. The Morgan fingerprint density at radius 2 is 1.97 bits per heavy atom. The Kier molecular flexibility index (Phi) is 7.29. The predicted molar refractivity (Wildman–Crippen MR) is 128 cm³/mol. The van der Waals surface area contributed by atoms with Crippen molar-refractivity contribution in [2.45, 2.75) is 64.5 Å². The Bertz CT molecular complexity index is 1010. The van der Waals surface area contributed by atoms with Gasteiger partial charge in [-0.05, 0) is 70.4 Å². The van der Waals surface area contributed by atoms with Gasteiger partial charge in [0, 0.05) is 31.7 Å². The average molecular weight is 494 g/mol. The standard InChI is InChI=1S/C26H34F3N3O3/c1-17(2)34-22-6-5-20(12-19(22)4)24(33)32-9-7-25(8-10-32)15-31(16-26(27,28)29)14-23(35-25)21-11-18(3)13-30-21/h5-6,11-12,17,23H,7-10,13-16H2,1-4H3. The molecule has 9 heteroatoms. The Labute approximate surface area is 204 Å². The molecule has 1 aromatic carbocycles. The molecule has 3 aliphatic rings. The Morgan fingerprint density at radius 1 is 1.26 bits per heavy atom. The van der Waals surface area contributed by atoms with Gasteiger partial charge in [0.15, 0.2) is 0 Å². The van der Waals surface area contributed by atoms with E-state index in [1.807, 2.05) is 45.9 Å². The van der Waals surface area contributed by atoms with E-state index in [0.717, 1.165) is 16.9 Å². The van der Waals surface area contributed by atoms with Crippen LogP contribution < -0.4 is 4.74 Å². The SMILES string of the molecule is CC1=CC(C2CN(CC(F)(F)F)CC3(CCN(C(=O)c4ccc(OC(C)C)c(C)c4)CC3)O2)=NC1. The van der Waals surface area contributed by atoms with Gasteiger partial charge in [-0.15, -0.1) is 0 Å². The number of nitrogens with zero attached hydrogens (tertiary/aromatic N) is 3. The summed E-state index contributed by atoms with van der Waals surface area (Å²) in [5.41, 5.74) is 2.53. The van der Waals surface area contributed by atoms with Crippen LogP contribution in [-0.2, 0) is 4.74 Å². The molecule has 6 nitrogen and oxygen atoms in total. The van der Waals surface area contributed by atoms with Crippen LogP contribution in [0.2, 0.25) is 0 Å². The van der Waals surface area contributed by atoms with Crippen molar-refractivity contribution in [3.63, 3.8) is 0 Å². The number of likely N-dealkylation sites (tertiary alicyclic amines) is 1. The quantitative estimate of drug-likeness (QED) is 0.610. The van der Waals surface area contributed by atoms with Crippen molar-refractivity contribution < 1.29 is 27.4 Å². The van der Waals surface area contributed by atoms with Crippen molar-refractivity contribution >= 4 is 11.6 Å². The van der Waals surface area contributed by atoms with Crippen molar-refractivity contribution in [3.8, 4) is 5.75 Å². The second kappa shape index (κ2) is 9.93. The highest BCUT2D eigenvalue weighted by atomic mass is 19.4. The van der Waals surface area contributed by atoms with Gasteiger partial charge in [0.25, 0.3) is 5.91 Å². The summed E-state index contributed by atoms with van der Waals surface area (Å²) in [7, 11) is 0. The fourth-order valence-electron chi connectivity index (χ4n) is 5.11. The topological polar surface area (TPSA) is 54.4 Å². The molecule has 1 aromatic rings. The molecule has 0 aromatic heterocycles. The highest BCUT2D eigenvalue weighted by Crippen LogP contribution is 2.35. The molecule has 1 atom stereocenters. The van der Waals surface area contributed by atoms with Crippen LogP contribution in [-0.4, -0.2) is 84.7 Å². The van der Waals surface area contributed by atoms with Crippen molar-refractivity contribution in [2.75, 3.05) is 39.3 Å². The van der Waals surface area contributed by atoms with E-state index in [1.165, 1.54) is 4.90 Å². The highest BCUT2D eigenvalue weighted by molar-refractivity contribution is 6.01. The van der Waals surface area contributed by atoms with Crippen LogP contribution in [0.3, 0.4) is 0 Å². The summed E-state index contributed by atoms with van der Waals surface area (Å²) in [6.45, 7) is 8.56. The van der Waals surface area contributed by atoms with E-state index in [-0.39, 0.29) is 25.1 Å². The number of carbonyl (C=O) groups is 1. The van der Waals surface area contributed by atoms with Crippen LogP contribution in [0.5, 0.6) is 5.75 Å². The Morgan fingerprint density at radius 3 is 2.54 bits per heavy atom. The number of benzene rings is 1. The number of piperidine rings is 1. The molecule has 0 bridgehead atoms. The molecule has 0 radical (unpaired) electrons. The molecule has 0 saturated carbocycles. The van der Waals surface area contributed by atoms with Gasteiger partial charge in [-0.25, -0.2) is 0 Å². The van der Waals surface area contributed by atoms with E-state index in [2.05, 4.69) is 4.99 Å². The molecule has 1 unspecified atom stereocenters. The second-order valence-electron chi connectivity index (χ2n) is 10.2. The smallest absolute Gasteiger partial charge is 0.401 e. The number of alkyl halides is 3. The summed E-state index contributed by atoms with van der Waals surface area (Å²) < 4.78 is 52.0. The molecule has 2 fully saturated rings. The van der Waals surface area contributed by atoms with Gasteiger partial charge in [0.2, 0.25) is 0 Å². The molecule has 0 N–H and O–H groups in total. The lowest BCUT2D eigenvalue weighted by molar-refractivity contribution is -0.191. The second-order valence-corrected chi connectivity index (χ2v) is 10.2. The lowest BCUT2D eigenvalue weighted by Crippen LogP contribution is -2.62. The van der Waals surface area contributed by atoms with Crippen LogP contribution in [0, 0.1) is 6.92 Å². The summed E-state index contributed by atoms with van der Waals surface area (Å²) in [5.74, 6) is 0.664. The number of hydrogen-bond donors (Lipinski definition) is 0. The Hall–Kier alpha value is -2.39. The number of rotatable bonds is 5. The minimum Gasteiger partial charge on any atom is -0.491 e. The number of ether oxygens (including phenoxy) is 2. The normalized spacial score (nSPS) is 23.0. The molecule has 4 rings (SSSR count). The first-order valence-electron chi connectivity index (χ1n) is 12.2. The molecule has 1 amide bonds. The minimum absolute atomic E-state index is 0.0411. The van der Waals surface area contributed by atoms with Gasteiger partial charge in [0.1, 0.15) is 11.9 Å². The van der Waals surface area contributed by atoms with E-state index in [1.54, 1.807) is 11.0 Å². The molecule has 192 valence electrons. The van der Waals surface area contributed by atoms with Crippen molar-refractivity contribution in [1.82, 2.24) is 9.80 Å². The fourth-order valence-corrected chi connectivity index (χ4v) is 5.11.